The number of benzene rings is 3. The first-order chi connectivity index (χ1) is 13.9. The van der Waals surface area contributed by atoms with E-state index in [1.807, 2.05) is 25.1 Å². The molecule has 0 atom stereocenters. The molecule has 0 saturated carbocycles. The third-order valence-corrected chi connectivity index (χ3v) is 5.04. The van der Waals surface area contributed by atoms with E-state index in [1.165, 1.54) is 13.2 Å². The van der Waals surface area contributed by atoms with Gasteiger partial charge in [-0.25, -0.2) is 4.98 Å². The molecule has 4 rings (SSSR count). The first kappa shape index (κ1) is 19.3. The summed E-state index contributed by atoms with van der Waals surface area (Å²) in [5, 5.41) is 3.55. The maximum atomic E-state index is 12.6. The number of oxazole rings is 1. The number of aromatic nitrogens is 1. The summed E-state index contributed by atoms with van der Waals surface area (Å²) in [4.78, 5) is 17.2. The molecule has 4 aromatic rings. The Hall–Kier alpha value is -3.02. The third kappa shape index (κ3) is 3.92. The Morgan fingerprint density at radius 2 is 1.86 bits per heavy atom. The van der Waals surface area contributed by atoms with Crippen molar-refractivity contribution in [3.8, 4) is 17.2 Å². The summed E-state index contributed by atoms with van der Waals surface area (Å²) in [6.07, 6.45) is 0. The van der Waals surface area contributed by atoms with Crippen LogP contribution >= 0.6 is 23.2 Å². The Kier molecular flexibility index (Phi) is 5.18. The van der Waals surface area contributed by atoms with Gasteiger partial charge in [0.05, 0.1) is 22.8 Å². The summed E-state index contributed by atoms with van der Waals surface area (Å²) < 4.78 is 10.9. The minimum atomic E-state index is -0.346. The number of nitrogens with one attached hydrogen (secondary N) is 1. The monoisotopic (exact) mass is 426 g/mol. The maximum Gasteiger partial charge on any atom is 0.255 e. The fourth-order valence-corrected chi connectivity index (χ4v) is 3.34. The van der Waals surface area contributed by atoms with Gasteiger partial charge in [0.15, 0.2) is 5.58 Å². The average molecular weight is 427 g/mol. The highest BCUT2D eigenvalue weighted by atomic mass is 35.5. The number of amides is 1. The van der Waals surface area contributed by atoms with Gasteiger partial charge < -0.3 is 14.5 Å². The number of methoxy groups -OCH3 is 1. The van der Waals surface area contributed by atoms with E-state index >= 15 is 0 Å². The number of anilines is 1. The highest BCUT2D eigenvalue weighted by molar-refractivity contribution is 6.34. The normalized spacial score (nSPS) is 10.9. The van der Waals surface area contributed by atoms with Gasteiger partial charge in [0.2, 0.25) is 5.89 Å². The summed E-state index contributed by atoms with van der Waals surface area (Å²) in [7, 11) is 1.51. The molecule has 7 heteroatoms. The Morgan fingerprint density at radius 3 is 2.62 bits per heavy atom. The molecular weight excluding hydrogens is 411 g/mol. The summed E-state index contributed by atoms with van der Waals surface area (Å²) in [6, 6.07) is 15.8. The van der Waals surface area contributed by atoms with Crippen molar-refractivity contribution in [1.29, 1.82) is 0 Å². The molecule has 0 saturated heterocycles. The van der Waals surface area contributed by atoms with Crippen molar-refractivity contribution in [2.75, 3.05) is 12.4 Å². The number of hydrogen-bond acceptors (Lipinski definition) is 4. The van der Waals surface area contributed by atoms with Crippen molar-refractivity contribution in [2.24, 2.45) is 0 Å². The molecule has 1 N–H and O–H groups in total. The van der Waals surface area contributed by atoms with Gasteiger partial charge in [0, 0.05) is 11.1 Å². The first-order valence-corrected chi connectivity index (χ1v) is 9.52. The van der Waals surface area contributed by atoms with Crippen LogP contribution in [0.1, 0.15) is 15.9 Å². The van der Waals surface area contributed by atoms with E-state index in [-0.39, 0.29) is 5.91 Å². The maximum absolute atomic E-state index is 12.6. The quantitative estimate of drug-likeness (QED) is 0.411. The number of hydrogen-bond donors (Lipinski definition) is 1. The predicted octanol–water partition coefficient (Wildman–Crippen LogP) is 6.37. The molecule has 146 valence electrons. The first-order valence-electron chi connectivity index (χ1n) is 8.76. The highest BCUT2D eigenvalue weighted by Crippen LogP contribution is 2.31. The highest BCUT2D eigenvalue weighted by Gasteiger charge is 2.14. The number of halogens is 2. The molecule has 1 heterocycles. The zero-order valence-corrected chi connectivity index (χ0v) is 17.1. The van der Waals surface area contributed by atoms with Crippen LogP contribution in [0.15, 0.2) is 59.0 Å². The van der Waals surface area contributed by atoms with Gasteiger partial charge in [-0.3, -0.25) is 4.79 Å². The van der Waals surface area contributed by atoms with Gasteiger partial charge in [-0.1, -0.05) is 29.3 Å². The average Bonchev–Trinajstić information content (AvgIpc) is 3.12. The van der Waals surface area contributed by atoms with Crippen molar-refractivity contribution >= 4 is 45.9 Å². The van der Waals surface area contributed by atoms with Crippen molar-refractivity contribution in [2.45, 2.75) is 6.92 Å². The van der Waals surface area contributed by atoms with Crippen LogP contribution in [-0.2, 0) is 0 Å². The topological polar surface area (TPSA) is 64.4 Å². The number of aryl methyl sites for hydroxylation is 1. The number of rotatable bonds is 4. The molecule has 29 heavy (non-hydrogen) atoms. The predicted molar refractivity (Wildman–Crippen MR) is 115 cm³/mol. The van der Waals surface area contributed by atoms with Gasteiger partial charge in [0.1, 0.15) is 11.3 Å². The zero-order valence-electron chi connectivity index (χ0n) is 15.6. The summed E-state index contributed by atoms with van der Waals surface area (Å²) >= 11 is 12.4. The van der Waals surface area contributed by atoms with E-state index < -0.39 is 0 Å². The standard InChI is InChI=1S/C22H16Cl2N2O3/c1-12-3-7-20-18(9-12)26-22(29-20)14-4-6-15(23)17(11-14)25-21(27)13-5-8-19(28-2)16(24)10-13/h3-11H,1-2H3,(H,25,27). The second-order valence-electron chi connectivity index (χ2n) is 6.49. The number of carbonyl (C=O) groups excluding carboxylic acids is 1. The zero-order chi connectivity index (χ0) is 20.5. The smallest absolute Gasteiger partial charge is 0.255 e. The van der Waals surface area contributed by atoms with E-state index in [0.717, 1.165) is 11.1 Å². The van der Waals surface area contributed by atoms with Gasteiger partial charge >= 0.3 is 0 Å². The van der Waals surface area contributed by atoms with E-state index in [4.69, 9.17) is 32.4 Å². The number of ether oxygens (including phenoxy) is 1. The summed E-state index contributed by atoms with van der Waals surface area (Å²) in [6.45, 7) is 2.00. The minimum absolute atomic E-state index is 0.346. The van der Waals surface area contributed by atoms with Crippen LogP contribution < -0.4 is 10.1 Å². The molecule has 1 aromatic heterocycles. The Balaban J connectivity index is 1.64. The molecule has 0 aliphatic carbocycles. The van der Waals surface area contributed by atoms with Crippen LogP contribution in [0.25, 0.3) is 22.6 Å². The van der Waals surface area contributed by atoms with Crippen molar-refractivity contribution in [3.05, 3.63) is 75.8 Å². The number of fused-ring (bicyclic) bond motifs is 1. The number of carbonyl (C=O) groups is 1. The molecule has 3 aromatic carbocycles. The molecule has 0 fully saturated rings. The van der Waals surface area contributed by atoms with E-state index in [2.05, 4.69) is 10.3 Å². The molecule has 1 amide bonds. The van der Waals surface area contributed by atoms with Crippen LogP contribution in [0, 0.1) is 6.92 Å². The van der Waals surface area contributed by atoms with Crippen LogP contribution in [0.5, 0.6) is 5.75 Å². The molecule has 0 radical (unpaired) electrons. The lowest BCUT2D eigenvalue weighted by molar-refractivity contribution is 0.102. The van der Waals surface area contributed by atoms with Crippen LogP contribution in [0.3, 0.4) is 0 Å². The molecule has 0 unspecified atom stereocenters. The SMILES string of the molecule is COc1ccc(C(=O)Nc2cc(-c3nc4cc(C)ccc4o3)ccc2Cl)cc1Cl. The fraction of sp³-hybridized carbons (Fsp3) is 0.0909. The second kappa shape index (κ2) is 7.78. The Labute approximate surface area is 177 Å². The van der Waals surface area contributed by atoms with Gasteiger partial charge in [-0.05, 0) is 61.0 Å². The van der Waals surface area contributed by atoms with Gasteiger partial charge in [-0.15, -0.1) is 0 Å². The lowest BCUT2D eigenvalue weighted by Crippen LogP contribution is -2.12. The van der Waals surface area contributed by atoms with E-state index in [9.17, 15) is 4.79 Å². The molecular formula is C22H16Cl2N2O3. The molecule has 0 aliphatic heterocycles. The molecule has 0 aliphatic rings. The van der Waals surface area contributed by atoms with Crippen molar-refractivity contribution < 1.29 is 13.9 Å². The summed E-state index contributed by atoms with van der Waals surface area (Å²) in [5.74, 6) is 0.599. The van der Waals surface area contributed by atoms with Crippen LogP contribution in [-0.4, -0.2) is 18.0 Å². The minimum Gasteiger partial charge on any atom is -0.495 e. The van der Waals surface area contributed by atoms with Crippen LogP contribution in [0.2, 0.25) is 10.0 Å². The van der Waals surface area contributed by atoms with E-state index in [0.29, 0.717) is 44.1 Å². The Morgan fingerprint density at radius 1 is 1.03 bits per heavy atom. The van der Waals surface area contributed by atoms with Crippen molar-refractivity contribution in [3.63, 3.8) is 0 Å². The molecule has 0 spiro atoms. The van der Waals surface area contributed by atoms with E-state index in [1.54, 1.807) is 30.3 Å². The van der Waals surface area contributed by atoms with Crippen molar-refractivity contribution in [1.82, 2.24) is 4.98 Å². The third-order valence-electron chi connectivity index (χ3n) is 4.42. The Bertz CT molecular complexity index is 1230. The summed E-state index contributed by atoms with van der Waals surface area (Å²) in [5.41, 5.74) is 4.09. The van der Waals surface area contributed by atoms with Crippen LogP contribution in [0.4, 0.5) is 5.69 Å². The lowest BCUT2D eigenvalue weighted by Gasteiger charge is -2.10. The molecule has 5 nitrogen and oxygen atoms in total. The molecule has 0 bridgehead atoms. The van der Waals surface area contributed by atoms with Gasteiger partial charge in [0.25, 0.3) is 5.91 Å². The largest absolute Gasteiger partial charge is 0.495 e. The fourth-order valence-electron chi connectivity index (χ4n) is 2.92. The van der Waals surface area contributed by atoms with Gasteiger partial charge in [-0.2, -0.15) is 0 Å². The number of nitrogens with zero attached hydrogens (tertiary/aromatic N) is 1. The lowest BCUT2D eigenvalue weighted by atomic mass is 10.1. The second-order valence-corrected chi connectivity index (χ2v) is 7.30.